The summed E-state index contributed by atoms with van der Waals surface area (Å²) in [6.07, 6.45) is 3.35. The van der Waals surface area contributed by atoms with Gasteiger partial charge in [0.05, 0.1) is 47.2 Å². The van der Waals surface area contributed by atoms with Crippen LogP contribution in [0.25, 0.3) is 22.6 Å². The van der Waals surface area contributed by atoms with Gasteiger partial charge in [0, 0.05) is 34.3 Å². The van der Waals surface area contributed by atoms with Gasteiger partial charge in [-0.3, -0.25) is 19.6 Å². The maximum absolute atomic E-state index is 13.7. The van der Waals surface area contributed by atoms with Crippen molar-refractivity contribution < 1.29 is 9.53 Å². The predicted molar refractivity (Wildman–Crippen MR) is 166 cm³/mol. The summed E-state index contributed by atoms with van der Waals surface area (Å²) in [4.78, 5) is 37.2. The van der Waals surface area contributed by atoms with Gasteiger partial charge in [0.2, 0.25) is 0 Å². The average molecular weight is 615 g/mol. The summed E-state index contributed by atoms with van der Waals surface area (Å²) < 4.78 is 9.42. The van der Waals surface area contributed by atoms with E-state index in [1.165, 1.54) is 40.5 Å². The van der Waals surface area contributed by atoms with Crippen molar-refractivity contribution >= 4 is 46.0 Å². The van der Waals surface area contributed by atoms with E-state index in [4.69, 9.17) is 21.4 Å². The van der Waals surface area contributed by atoms with Crippen molar-refractivity contribution in [2.45, 2.75) is 13.1 Å². The lowest BCUT2D eigenvalue weighted by Gasteiger charge is -2.14. The number of anilines is 1. The third-order valence-corrected chi connectivity index (χ3v) is 8.36. The maximum Gasteiger partial charge on any atom is 0.281 e. The molecule has 0 saturated heterocycles. The first kappa shape index (κ1) is 27.6. The van der Waals surface area contributed by atoms with E-state index in [1.807, 2.05) is 60.0 Å². The largest absolute Gasteiger partial charge is 0.491 e. The fourth-order valence-corrected chi connectivity index (χ4v) is 6.14. The van der Waals surface area contributed by atoms with Gasteiger partial charge in [-0.2, -0.15) is 21.1 Å². The first-order valence-electron chi connectivity index (χ1n) is 12.8. The molecule has 6 aromatic rings. The third kappa shape index (κ3) is 5.62. The topological polar surface area (TPSA) is 104 Å². The van der Waals surface area contributed by atoms with Crippen LogP contribution in [0, 0.1) is 0 Å². The number of hydrogen-bond acceptors (Lipinski definition) is 9. The number of nitrogens with zero attached hydrogens (tertiary/aromatic N) is 5. The number of halogens is 1. The molecule has 0 saturated carbocycles. The average Bonchev–Trinajstić information content (AvgIpc) is 3.78. The second-order valence-corrected chi connectivity index (χ2v) is 11.7. The second-order valence-electron chi connectivity index (χ2n) is 9.11. The summed E-state index contributed by atoms with van der Waals surface area (Å²) in [7, 11) is 1.51. The third-order valence-electron chi connectivity index (χ3n) is 6.44. The highest BCUT2D eigenvalue weighted by Gasteiger charge is 2.27. The Hall–Kier alpha value is -4.58. The first-order chi connectivity index (χ1) is 20.5. The molecule has 0 aliphatic carbocycles. The lowest BCUT2D eigenvalue weighted by atomic mass is 10.1. The smallest absolute Gasteiger partial charge is 0.281 e. The fraction of sp³-hybridized carbons (Fsp3) is 0.100. The van der Waals surface area contributed by atoms with Crippen molar-refractivity contribution in [3.05, 3.63) is 121 Å². The summed E-state index contributed by atoms with van der Waals surface area (Å²) in [6, 6.07) is 19.9. The molecule has 9 nitrogen and oxygen atoms in total. The number of ether oxygens (including phenoxy) is 1. The molecule has 0 atom stereocenters. The Morgan fingerprint density at radius 2 is 1.88 bits per heavy atom. The van der Waals surface area contributed by atoms with Gasteiger partial charge in [-0.25, -0.2) is 0 Å². The minimum atomic E-state index is -0.341. The fourth-order valence-electron chi connectivity index (χ4n) is 4.48. The van der Waals surface area contributed by atoms with E-state index >= 15 is 0 Å². The molecule has 6 aromatic heterocycles. The molecule has 0 aliphatic rings. The summed E-state index contributed by atoms with van der Waals surface area (Å²) in [5.74, 6) is 0.328. The molecule has 0 amide bonds. The number of hydrogen-bond donors (Lipinski definition) is 1. The van der Waals surface area contributed by atoms with Crippen molar-refractivity contribution in [2.75, 3.05) is 12.4 Å². The number of pyridine rings is 3. The van der Waals surface area contributed by atoms with E-state index in [0.717, 1.165) is 4.88 Å². The summed E-state index contributed by atoms with van der Waals surface area (Å²) in [6.45, 7) is 0.562. The number of rotatable bonds is 9. The van der Waals surface area contributed by atoms with E-state index in [-0.39, 0.29) is 18.0 Å². The Morgan fingerprint density at radius 1 is 1.05 bits per heavy atom. The Kier molecular flexibility index (Phi) is 7.95. The normalized spacial score (nSPS) is 11.0. The van der Waals surface area contributed by atoms with Crippen LogP contribution < -0.4 is 15.6 Å². The number of thiophene rings is 2. The van der Waals surface area contributed by atoms with Gasteiger partial charge in [0.25, 0.3) is 11.5 Å². The lowest BCUT2D eigenvalue weighted by molar-refractivity contribution is 0.0948. The molecule has 0 spiro atoms. The number of carbonyl (C=O) groups excluding carboxylic acids is 1. The monoisotopic (exact) mass is 614 g/mol. The molecule has 0 radical (unpaired) electrons. The summed E-state index contributed by atoms with van der Waals surface area (Å²) >= 11 is 9.00. The van der Waals surface area contributed by atoms with Crippen LogP contribution in [-0.2, 0) is 13.1 Å². The molecular formula is C30H23ClN6O3S2. The molecule has 6 rings (SSSR count). The molecule has 0 aliphatic heterocycles. The van der Waals surface area contributed by atoms with Crippen molar-refractivity contribution in [2.24, 2.45) is 0 Å². The van der Waals surface area contributed by atoms with Gasteiger partial charge in [-0.05, 0) is 53.9 Å². The van der Waals surface area contributed by atoms with E-state index in [2.05, 4.69) is 15.3 Å². The minimum Gasteiger partial charge on any atom is -0.491 e. The first-order valence-corrected chi connectivity index (χ1v) is 14.9. The van der Waals surface area contributed by atoms with Gasteiger partial charge >= 0.3 is 0 Å². The van der Waals surface area contributed by atoms with Crippen molar-refractivity contribution in [1.82, 2.24) is 24.3 Å². The molecule has 1 N–H and O–H groups in total. The number of methoxy groups -OCH3 is 1. The molecule has 6 heterocycles. The SMILES string of the molecule is COc1c(-c2cc(-c3ccccn3)cc(=O)n2Cc2ccccn2)nn(C(=O)c2ccsc2)c1NCc1ccc(Cl)s1. The maximum atomic E-state index is 13.7. The zero-order valence-corrected chi connectivity index (χ0v) is 24.6. The van der Waals surface area contributed by atoms with E-state index in [0.29, 0.717) is 56.4 Å². The highest BCUT2D eigenvalue weighted by atomic mass is 35.5. The van der Waals surface area contributed by atoms with Crippen molar-refractivity contribution in [1.29, 1.82) is 0 Å². The molecule has 210 valence electrons. The molecule has 0 unspecified atom stereocenters. The Labute approximate surface area is 253 Å². The number of nitrogens with one attached hydrogen (secondary N) is 1. The van der Waals surface area contributed by atoms with E-state index in [9.17, 15) is 9.59 Å². The van der Waals surface area contributed by atoms with Gasteiger partial charge in [-0.15, -0.1) is 11.3 Å². The molecule has 0 bridgehead atoms. The van der Waals surface area contributed by atoms with Gasteiger partial charge in [-0.1, -0.05) is 23.7 Å². The highest BCUT2D eigenvalue weighted by Crippen LogP contribution is 2.38. The summed E-state index contributed by atoms with van der Waals surface area (Å²) in [5.41, 5.74) is 2.89. The summed E-state index contributed by atoms with van der Waals surface area (Å²) in [5, 5.41) is 11.7. The van der Waals surface area contributed by atoms with Crippen LogP contribution >= 0.6 is 34.3 Å². The van der Waals surface area contributed by atoms with E-state index in [1.54, 1.807) is 28.4 Å². The molecular weight excluding hydrogens is 592 g/mol. The van der Waals surface area contributed by atoms with Crippen LogP contribution in [0.2, 0.25) is 4.34 Å². The van der Waals surface area contributed by atoms with Crippen LogP contribution in [0.15, 0.2) is 94.7 Å². The quantitative estimate of drug-likeness (QED) is 0.204. The van der Waals surface area contributed by atoms with Crippen LogP contribution in [0.4, 0.5) is 5.82 Å². The Balaban J connectivity index is 1.55. The molecule has 12 heteroatoms. The minimum absolute atomic E-state index is 0.183. The van der Waals surface area contributed by atoms with Crippen molar-refractivity contribution in [3.8, 4) is 28.4 Å². The highest BCUT2D eigenvalue weighted by molar-refractivity contribution is 7.16. The molecule has 42 heavy (non-hydrogen) atoms. The predicted octanol–water partition coefficient (Wildman–Crippen LogP) is 6.30. The van der Waals surface area contributed by atoms with Gasteiger partial charge in [0.1, 0.15) is 0 Å². The second kappa shape index (κ2) is 12.1. The van der Waals surface area contributed by atoms with Crippen LogP contribution in [0.1, 0.15) is 20.9 Å². The molecule has 0 fully saturated rings. The van der Waals surface area contributed by atoms with Gasteiger partial charge in [0.15, 0.2) is 17.3 Å². The number of aromatic nitrogens is 5. The van der Waals surface area contributed by atoms with Crippen LogP contribution in [0.3, 0.4) is 0 Å². The van der Waals surface area contributed by atoms with Crippen LogP contribution in [0.5, 0.6) is 5.75 Å². The lowest BCUT2D eigenvalue weighted by Crippen LogP contribution is -2.23. The standard InChI is InChI=1S/C30H23ClN6O3S2/c1-40-28-27(35-37(30(39)19-10-13-41-18-19)29(28)34-16-22-8-9-25(31)42-22)24-14-20(23-7-3-5-12-33-23)15-26(38)36(24)17-21-6-2-4-11-32-21/h2-15,18,34H,16-17H2,1H3. The van der Waals surface area contributed by atoms with Crippen LogP contribution in [-0.4, -0.2) is 37.3 Å². The molecule has 0 aromatic carbocycles. The number of carbonyl (C=O) groups is 1. The van der Waals surface area contributed by atoms with Crippen molar-refractivity contribution in [3.63, 3.8) is 0 Å². The zero-order valence-electron chi connectivity index (χ0n) is 22.2. The Bertz CT molecular complexity index is 1900. The zero-order chi connectivity index (χ0) is 29.1. The van der Waals surface area contributed by atoms with E-state index < -0.39 is 0 Å². The van der Waals surface area contributed by atoms with Gasteiger partial charge < -0.3 is 14.6 Å². The Morgan fingerprint density at radius 3 is 2.55 bits per heavy atom.